The molecule has 1 aromatic rings. The molecular weight excluding hydrogens is 301 g/mol. The minimum absolute atomic E-state index is 0. The fraction of sp³-hybridized carbons (Fsp3) is 0.750. The maximum absolute atomic E-state index is 12.3. The van der Waals surface area contributed by atoms with Crippen LogP contribution >= 0.6 is 24.8 Å². The molecule has 6 nitrogen and oxygen atoms in total. The van der Waals surface area contributed by atoms with Crippen molar-refractivity contribution in [2.75, 3.05) is 6.54 Å². The van der Waals surface area contributed by atoms with E-state index in [1.807, 2.05) is 18.4 Å². The van der Waals surface area contributed by atoms with Crippen molar-refractivity contribution in [3.8, 4) is 0 Å². The van der Waals surface area contributed by atoms with Crippen LogP contribution < -0.4 is 10.6 Å². The lowest BCUT2D eigenvalue weighted by molar-refractivity contribution is -0.127. The Balaban J connectivity index is 0.00000180. The molecule has 0 radical (unpaired) electrons. The Hall–Kier alpha value is -0.850. The summed E-state index contributed by atoms with van der Waals surface area (Å²) in [5, 5.41) is 14.2. The SMILES string of the molecule is CCn1cnnc1CNC(=O)C1(CC)CCCN1.Cl.Cl. The topological polar surface area (TPSA) is 71.8 Å². The van der Waals surface area contributed by atoms with E-state index in [1.165, 1.54) is 0 Å². The summed E-state index contributed by atoms with van der Waals surface area (Å²) in [6, 6.07) is 0. The predicted octanol–water partition coefficient (Wildman–Crippen LogP) is 1.29. The van der Waals surface area contributed by atoms with E-state index in [-0.39, 0.29) is 36.3 Å². The van der Waals surface area contributed by atoms with Gasteiger partial charge in [-0.15, -0.1) is 35.0 Å². The van der Waals surface area contributed by atoms with Crippen molar-refractivity contribution in [1.82, 2.24) is 25.4 Å². The number of amides is 1. The third-order valence-electron chi connectivity index (χ3n) is 3.73. The largest absolute Gasteiger partial charge is 0.347 e. The summed E-state index contributed by atoms with van der Waals surface area (Å²) >= 11 is 0. The maximum Gasteiger partial charge on any atom is 0.240 e. The van der Waals surface area contributed by atoms with Gasteiger partial charge < -0.3 is 15.2 Å². The fourth-order valence-corrected chi connectivity index (χ4v) is 2.47. The van der Waals surface area contributed by atoms with Crippen molar-refractivity contribution in [2.45, 2.75) is 51.7 Å². The molecule has 20 heavy (non-hydrogen) atoms. The van der Waals surface area contributed by atoms with E-state index >= 15 is 0 Å². The van der Waals surface area contributed by atoms with Crippen LogP contribution in [-0.2, 0) is 17.9 Å². The van der Waals surface area contributed by atoms with E-state index in [0.717, 1.165) is 38.2 Å². The van der Waals surface area contributed by atoms with Crippen LogP contribution in [0.5, 0.6) is 0 Å². The average Bonchev–Trinajstić information content (AvgIpc) is 3.05. The molecule has 2 heterocycles. The van der Waals surface area contributed by atoms with Crippen LogP contribution in [0.4, 0.5) is 0 Å². The van der Waals surface area contributed by atoms with Crippen LogP contribution in [-0.4, -0.2) is 32.8 Å². The molecule has 116 valence electrons. The van der Waals surface area contributed by atoms with Gasteiger partial charge in [0, 0.05) is 6.54 Å². The lowest BCUT2D eigenvalue weighted by Crippen LogP contribution is -2.53. The highest BCUT2D eigenvalue weighted by Crippen LogP contribution is 2.23. The number of rotatable bonds is 5. The third-order valence-corrected chi connectivity index (χ3v) is 3.73. The van der Waals surface area contributed by atoms with Gasteiger partial charge in [0.2, 0.25) is 5.91 Å². The smallest absolute Gasteiger partial charge is 0.240 e. The lowest BCUT2D eigenvalue weighted by Gasteiger charge is -2.26. The van der Waals surface area contributed by atoms with E-state index in [9.17, 15) is 4.79 Å². The molecule has 2 rings (SSSR count). The summed E-state index contributed by atoms with van der Waals surface area (Å²) in [6.07, 6.45) is 4.48. The van der Waals surface area contributed by atoms with Gasteiger partial charge in [0.1, 0.15) is 6.33 Å². The van der Waals surface area contributed by atoms with Crippen molar-refractivity contribution >= 4 is 30.7 Å². The second-order valence-corrected chi connectivity index (χ2v) is 4.68. The number of halogens is 2. The van der Waals surface area contributed by atoms with Gasteiger partial charge in [0.25, 0.3) is 0 Å². The van der Waals surface area contributed by atoms with Crippen LogP contribution in [0.1, 0.15) is 38.9 Å². The third kappa shape index (κ3) is 3.84. The molecule has 0 spiro atoms. The molecule has 1 aliphatic rings. The Bertz CT molecular complexity index is 418. The van der Waals surface area contributed by atoms with E-state index in [2.05, 4.69) is 20.8 Å². The van der Waals surface area contributed by atoms with Gasteiger partial charge in [0.05, 0.1) is 12.1 Å². The van der Waals surface area contributed by atoms with Crippen molar-refractivity contribution in [2.24, 2.45) is 0 Å². The summed E-state index contributed by atoms with van der Waals surface area (Å²) in [5.41, 5.74) is -0.378. The average molecular weight is 324 g/mol. The summed E-state index contributed by atoms with van der Waals surface area (Å²) < 4.78 is 1.93. The van der Waals surface area contributed by atoms with E-state index in [1.54, 1.807) is 6.33 Å². The van der Waals surface area contributed by atoms with E-state index in [4.69, 9.17) is 0 Å². The highest BCUT2D eigenvalue weighted by atomic mass is 35.5. The molecule has 1 aromatic heterocycles. The van der Waals surface area contributed by atoms with Crippen LogP contribution in [0, 0.1) is 0 Å². The second-order valence-electron chi connectivity index (χ2n) is 4.68. The monoisotopic (exact) mass is 323 g/mol. The molecule has 0 aromatic carbocycles. The number of nitrogens with zero attached hydrogens (tertiary/aromatic N) is 3. The van der Waals surface area contributed by atoms with Crippen molar-refractivity contribution in [1.29, 1.82) is 0 Å². The second kappa shape index (κ2) is 8.44. The van der Waals surface area contributed by atoms with Crippen LogP contribution in [0.15, 0.2) is 6.33 Å². The molecule has 0 bridgehead atoms. The van der Waals surface area contributed by atoms with Crippen molar-refractivity contribution in [3.05, 3.63) is 12.2 Å². The molecule has 8 heteroatoms. The molecule has 0 saturated carbocycles. The molecule has 1 amide bonds. The maximum atomic E-state index is 12.3. The number of nitrogens with one attached hydrogen (secondary N) is 2. The number of carbonyl (C=O) groups is 1. The van der Waals surface area contributed by atoms with Crippen LogP contribution in [0.3, 0.4) is 0 Å². The first-order valence-corrected chi connectivity index (χ1v) is 6.62. The number of hydrogen-bond donors (Lipinski definition) is 2. The summed E-state index contributed by atoms with van der Waals surface area (Å²) in [6.45, 7) is 6.26. The highest BCUT2D eigenvalue weighted by molar-refractivity contribution is 5.86. The van der Waals surface area contributed by atoms with Gasteiger partial charge in [-0.1, -0.05) is 6.92 Å². The van der Waals surface area contributed by atoms with Gasteiger partial charge >= 0.3 is 0 Å². The lowest BCUT2D eigenvalue weighted by atomic mass is 9.93. The van der Waals surface area contributed by atoms with Gasteiger partial charge in [-0.2, -0.15) is 0 Å². The molecule has 1 aliphatic heterocycles. The minimum Gasteiger partial charge on any atom is -0.347 e. The normalized spacial score (nSPS) is 20.9. The number of aryl methyl sites for hydroxylation is 1. The summed E-state index contributed by atoms with van der Waals surface area (Å²) in [7, 11) is 0. The van der Waals surface area contributed by atoms with Crippen molar-refractivity contribution < 1.29 is 4.79 Å². The first-order chi connectivity index (χ1) is 8.72. The van der Waals surface area contributed by atoms with E-state index < -0.39 is 0 Å². The Morgan fingerprint density at radius 3 is 2.80 bits per heavy atom. The predicted molar refractivity (Wildman–Crippen MR) is 82.3 cm³/mol. The van der Waals surface area contributed by atoms with Gasteiger partial charge in [-0.3, -0.25) is 4.79 Å². The standard InChI is InChI=1S/C12H21N5O.2ClH/c1-3-12(6-5-7-14-12)11(18)13-8-10-16-15-9-17(10)4-2;;/h9,14H,3-8H2,1-2H3,(H,13,18);2*1H. The Kier molecular flexibility index (Phi) is 8.08. The Morgan fingerprint density at radius 1 is 1.50 bits per heavy atom. The number of carbonyl (C=O) groups excluding carboxylic acids is 1. The first kappa shape index (κ1) is 19.1. The highest BCUT2D eigenvalue weighted by Gasteiger charge is 2.38. The van der Waals surface area contributed by atoms with Crippen LogP contribution in [0.2, 0.25) is 0 Å². The minimum atomic E-state index is -0.378. The zero-order chi connectivity index (χ0) is 13.0. The number of hydrogen-bond acceptors (Lipinski definition) is 4. The zero-order valence-corrected chi connectivity index (χ0v) is 13.5. The first-order valence-electron chi connectivity index (χ1n) is 6.62. The quantitative estimate of drug-likeness (QED) is 0.856. The molecule has 2 N–H and O–H groups in total. The summed E-state index contributed by atoms with van der Waals surface area (Å²) in [4.78, 5) is 12.3. The molecule has 1 saturated heterocycles. The zero-order valence-electron chi connectivity index (χ0n) is 11.9. The van der Waals surface area contributed by atoms with E-state index in [0.29, 0.717) is 6.54 Å². The Labute approximate surface area is 131 Å². The van der Waals surface area contributed by atoms with Gasteiger partial charge in [-0.05, 0) is 32.7 Å². The van der Waals surface area contributed by atoms with Crippen LogP contribution in [0.25, 0.3) is 0 Å². The molecule has 1 unspecified atom stereocenters. The molecule has 1 atom stereocenters. The molecule has 0 aliphatic carbocycles. The van der Waals surface area contributed by atoms with Crippen molar-refractivity contribution in [3.63, 3.8) is 0 Å². The fourth-order valence-electron chi connectivity index (χ4n) is 2.47. The van der Waals surface area contributed by atoms with Gasteiger partial charge in [-0.25, -0.2) is 0 Å². The Morgan fingerprint density at radius 2 is 2.25 bits per heavy atom. The van der Waals surface area contributed by atoms with Gasteiger partial charge in [0.15, 0.2) is 5.82 Å². The summed E-state index contributed by atoms with van der Waals surface area (Å²) in [5.74, 6) is 0.878. The molecule has 1 fully saturated rings. The molecular formula is C12H23Cl2N5O. The number of aromatic nitrogens is 3.